The first-order valence-corrected chi connectivity index (χ1v) is 8.45. The summed E-state index contributed by atoms with van der Waals surface area (Å²) in [6, 6.07) is 15.0. The van der Waals surface area contributed by atoms with Crippen LogP contribution in [0.5, 0.6) is 5.75 Å². The van der Waals surface area contributed by atoms with Gasteiger partial charge in [-0.2, -0.15) is 0 Å². The van der Waals surface area contributed by atoms with E-state index in [0.29, 0.717) is 17.9 Å². The molecule has 0 fully saturated rings. The number of sulfone groups is 1. The number of para-hydroxylation sites is 1. The summed E-state index contributed by atoms with van der Waals surface area (Å²) in [6.07, 6.45) is 0. The van der Waals surface area contributed by atoms with E-state index in [1.54, 1.807) is 42.5 Å². The second-order valence-electron chi connectivity index (χ2n) is 4.67. The van der Waals surface area contributed by atoms with E-state index in [2.05, 4.69) is 0 Å². The molecule has 0 aliphatic rings. The van der Waals surface area contributed by atoms with Crippen molar-refractivity contribution in [3.8, 4) is 5.75 Å². The average Bonchev–Trinajstić information content (AvgIpc) is 2.48. The lowest BCUT2D eigenvalue weighted by Gasteiger charge is -2.16. The maximum Gasteiger partial charge on any atom is 0.180 e. The van der Waals surface area contributed by atoms with Gasteiger partial charge in [-0.3, -0.25) is 0 Å². The van der Waals surface area contributed by atoms with E-state index in [1.807, 2.05) is 19.1 Å². The van der Waals surface area contributed by atoms with Gasteiger partial charge in [-0.25, -0.2) is 8.42 Å². The van der Waals surface area contributed by atoms with Crippen LogP contribution in [0.25, 0.3) is 0 Å². The second-order valence-corrected chi connectivity index (χ2v) is 6.71. The first-order chi connectivity index (χ1) is 10.0. The van der Waals surface area contributed by atoms with Gasteiger partial charge in [-0.15, -0.1) is 0 Å². The van der Waals surface area contributed by atoms with Gasteiger partial charge >= 0.3 is 0 Å². The van der Waals surface area contributed by atoms with Crippen LogP contribution >= 0.6 is 0 Å². The van der Waals surface area contributed by atoms with Crippen molar-refractivity contribution in [1.29, 1.82) is 0 Å². The van der Waals surface area contributed by atoms with Crippen LogP contribution in [-0.4, -0.2) is 20.8 Å². The molecule has 1 unspecified atom stereocenters. The highest BCUT2D eigenvalue weighted by molar-refractivity contribution is 7.91. The molecule has 0 spiro atoms. The van der Waals surface area contributed by atoms with Crippen molar-refractivity contribution in [3.63, 3.8) is 0 Å². The van der Waals surface area contributed by atoms with Crippen LogP contribution in [0, 0.1) is 0 Å². The molecule has 2 rings (SSSR count). The standard InChI is InChI=1S/C16H19NO3S/c1-2-20-16-11-7-6-10-14(16)15(17)12-21(18,19)13-8-4-3-5-9-13/h3-11,15H,2,12,17H2,1H3. The Morgan fingerprint density at radius 3 is 2.33 bits per heavy atom. The summed E-state index contributed by atoms with van der Waals surface area (Å²) in [6.45, 7) is 2.39. The molecule has 0 aliphatic heterocycles. The second kappa shape index (κ2) is 6.74. The fourth-order valence-corrected chi connectivity index (χ4v) is 3.54. The number of hydrogen-bond donors (Lipinski definition) is 1. The highest BCUT2D eigenvalue weighted by Crippen LogP contribution is 2.26. The SMILES string of the molecule is CCOc1ccccc1C(N)CS(=O)(=O)c1ccccc1. The average molecular weight is 305 g/mol. The zero-order chi connectivity index (χ0) is 15.3. The first-order valence-electron chi connectivity index (χ1n) is 6.79. The van der Waals surface area contributed by atoms with Crippen molar-refractivity contribution in [2.24, 2.45) is 5.73 Å². The summed E-state index contributed by atoms with van der Waals surface area (Å²) in [5.41, 5.74) is 6.80. The Morgan fingerprint density at radius 1 is 1.05 bits per heavy atom. The fraction of sp³-hybridized carbons (Fsp3) is 0.250. The molecule has 0 amide bonds. The topological polar surface area (TPSA) is 69.4 Å². The molecule has 0 radical (unpaired) electrons. The third-order valence-electron chi connectivity index (χ3n) is 3.12. The number of rotatable bonds is 6. The summed E-state index contributed by atoms with van der Waals surface area (Å²) >= 11 is 0. The van der Waals surface area contributed by atoms with Crippen molar-refractivity contribution < 1.29 is 13.2 Å². The molecule has 2 N–H and O–H groups in total. The largest absolute Gasteiger partial charge is 0.494 e. The number of ether oxygens (including phenoxy) is 1. The lowest BCUT2D eigenvalue weighted by atomic mass is 10.1. The fourth-order valence-electron chi connectivity index (χ4n) is 2.12. The third kappa shape index (κ3) is 3.83. The minimum atomic E-state index is -3.42. The lowest BCUT2D eigenvalue weighted by molar-refractivity contribution is 0.335. The quantitative estimate of drug-likeness (QED) is 0.890. The Balaban J connectivity index is 2.24. The van der Waals surface area contributed by atoms with Crippen LogP contribution in [0.15, 0.2) is 59.5 Å². The molecule has 0 heterocycles. The normalized spacial score (nSPS) is 12.9. The van der Waals surface area contributed by atoms with Crippen molar-refractivity contribution in [3.05, 3.63) is 60.2 Å². The van der Waals surface area contributed by atoms with E-state index in [0.717, 1.165) is 0 Å². The van der Waals surface area contributed by atoms with E-state index >= 15 is 0 Å². The van der Waals surface area contributed by atoms with Gasteiger partial charge in [0.1, 0.15) is 5.75 Å². The number of nitrogens with two attached hydrogens (primary N) is 1. The summed E-state index contributed by atoms with van der Waals surface area (Å²) in [7, 11) is -3.42. The van der Waals surface area contributed by atoms with Crippen LogP contribution < -0.4 is 10.5 Å². The van der Waals surface area contributed by atoms with E-state index in [-0.39, 0.29) is 10.6 Å². The smallest absolute Gasteiger partial charge is 0.180 e. The van der Waals surface area contributed by atoms with E-state index in [4.69, 9.17) is 10.5 Å². The van der Waals surface area contributed by atoms with Crippen LogP contribution in [0.2, 0.25) is 0 Å². The van der Waals surface area contributed by atoms with Crippen LogP contribution in [0.4, 0.5) is 0 Å². The molecule has 2 aromatic rings. The zero-order valence-electron chi connectivity index (χ0n) is 11.9. The van der Waals surface area contributed by atoms with Gasteiger partial charge in [0, 0.05) is 11.6 Å². The van der Waals surface area contributed by atoms with Crippen LogP contribution in [-0.2, 0) is 9.84 Å². The zero-order valence-corrected chi connectivity index (χ0v) is 12.7. The molecule has 1 atom stereocenters. The molecule has 2 aromatic carbocycles. The van der Waals surface area contributed by atoms with Gasteiger partial charge in [0.25, 0.3) is 0 Å². The molecule has 0 saturated carbocycles. The predicted molar refractivity (Wildman–Crippen MR) is 83.0 cm³/mol. The van der Waals surface area contributed by atoms with Crippen LogP contribution in [0.1, 0.15) is 18.5 Å². The van der Waals surface area contributed by atoms with E-state index in [1.165, 1.54) is 0 Å². The maximum absolute atomic E-state index is 12.4. The minimum absolute atomic E-state index is 0.152. The Bertz CT molecular complexity index is 684. The molecule has 4 nitrogen and oxygen atoms in total. The minimum Gasteiger partial charge on any atom is -0.494 e. The molecular formula is C16H19NO3S. The van der Waals surface area contributed by atoms with Gasteiger partial charge in [0.05, 0.1) is 17.3 Å². The summed E-state index contributed by atoms with van der Waals surface area (Å²) in [4.78, 5) is 0.286. The molecule has 0 aliphatic carbocycles. The van der Waals surface area contributed by atoms with Gasteiger partial charge in [-0.05, 0) is 25.1 Å². The molecule has 0 saturated heterocycles. The molecule has 112 valence electrons. The van der Waals surface area contributed by atoms with Crippen LogP contribution in [0.3, 0.4) is 0 Å². The maximum atomic E-state index is 12.4. The Morgan fingerprint density at radius 2 is 1.67 bits per heavy atom. The summed E-state index contributed by atoms with van der Waals surface area (Å²) in [5, 5.41) is 0. The molecule has 0 bridgehead atoms. The molecular weight excluding hydrogens is 286 g/mol. The van der Waals surface area contributed by atoms with Crippen molar-refractivity contribution >= 4 is 9.84 Å². The Labute approximate surface area is 125 Å². The number of benzene rings is 2. The van der Waals surface area contributed by atoms with Gasteiger partial charge in [-0.1, -0.05) is 36.4 Å². The van der Waals surface area contributed by atoms with E-state index in [9.17, 15) is 8.42 Å². The molecule has 0 aromatic heterocycles. The van der Waals surface area contributed by atoms with E-state index < -0.39 is 15.9 Å². The highest BCUT2D eigenvalue weighted by atomic mass is 32.2. The Hall–Kier alpha value is -1.85. The highest BCUT2D eigenvalue weighted by Gasteiger charge is 2.21. The number of hydrogen-bond acceptors (Lipinski definition) is 4. The predicted octanol–water partition coefficient (Wildman–Crippen LogP) is 2.56. The molecule has 5 heteroatoms. The van der Waals surface area contributed by atoms with Crippen molar-refractivity contribution in [2.45, 2.75) is 17.9 Å². The lowest BCUT2D eigenvalue weighted by Crippen LogP contribution is -2.22. The van der Waals surface area contributed by atoms with Gasteiger partial charge in [0.15, 0.2) is 9.84 Å². The monoisotopic (exact) mass is 305 g/mol. The van der Waals surface area contributed by atoms with Crippen molar-refractivity contribution in [1.82, 2.24) is 0 Å². The van der Waals surface area contributed by atoms with Crippen molar-refractivity contribution in [2.75, 3.05) is 12.4 Å². The Kier molecular flexibility index (Phi) is 4.98. The third-order valence-corrected chi connectivity index (χ3v) is 4.91. The summed E-state index contributed by atoms with van der Waals surface area (Å²) in [5.74, 6) is 0.483. The van der Waals surface area contributed by atoms with Gasteiger partial charge < -0.3 is 10.5 Å². The first kappa shape index (κ1) is 15.5. The summed E-state index contributed by atoms with van der Waals surface area (Å²) < 4.78 is 30.2. The molecule has 21 heavy (non-hydrogen) atoms. The van der Waals surface area contributed by atoms with Gasteiger partial charge in [0.2, 0.25) is 0 Å².